The lowest BCUT2D eigenvalue weighted by Crippen LogP contribution is -3.13. The predicted octanol–water partition coefficient (Wildman–Crippen LogP) is 2.88. The zero-order chi connectivity index (χ0) is 20.0. The number of carbonyl (C=O) groups is 1. The molecule has 0 saturated heterocycles. The molecule has 0 saturated carbocycles. The Hall–Kier alpha value is -2.79. The third-order valence-electron chi connectivity index (χ3n) is 6.04. The zero-order valence-corrected chi connectivity index (χ0v) is 16.8. The number of hydrogen-bond donors (Lipinski definition) is 3. The standard InChI is InChI=1S/C23H26N2O3/c1-13-5-6-17-19(9-13)24-14(2)23(17)21(27)12-25-8-7-16-10-20(26)22(28-4)11-18(16)15(25)3/h5-6,9-11,15,24,26H,7-8,12H2,1-4H3/p+1/t15-/m0/s1. The summed E-state index contributed by atoms with van der Waals surface area (Å²) in [6.07, 6.45) is 0.839. The van der Waals surface area contributed by atoms with Gasteiger partial charge in [0, 0.05) is 28.6 Å². The summed E-state index contributed by atoms with van der Waals surface area (Å²) >= 11 is 0. The van der Waals surface area contributed by atoms with Gasteiger partial charge in [0.1, 0.15) is 12.6 Å². The molecule has 5 nitrogen and oxygen atoms in total. The maximum absolute atomic E-state index is 13.2. The maximum atomic E-state index is 13.2. The number of methoxy groups -OCH3 is 1. The number of aryl methyl sites for hydroxylation is 2. The number of ketones is 1. The Morgan fingerprint density at radius 2 is 2.07 bits per heavy atom. The van der Waals surface area contributed by atoms with E-state index in [1.165, 1.54) is 10.5 Å². The van der Waals surface area contributed by atoms with Crippen molar-refractivity contribution in [1.29, 1.82) is 0 Å². The largest absolute Gasteiger partial charge is 0.504 e. The lowest BCUT2D eigenvalue weighted by Gasteiger charge is -2.32. The van der Waals surface area contributed by atoms with Crippen LogP contribution in [0.3, 0.4) is 0 Å². The van der Waals surface area contributed by atoms with Gasteiger partial charge in [0.2, 0.25) is 5.78 Å². The molecule has 3 aromatic rings. The minimum Gasteiger partial charge on any atom is -0.504 e. The van der Waals surface area contributed by atoms with Gasteiger partial charge < -0.3 is 19.7 Å². The van der Waals surface area contributed by atoms with Crippen LogP contribution >= 0.6 is 0 Å². The quantitative estimate of drug-likeness (QED) is 0.611. The van der Waals surface area contributed by atoms with Crippen molar-refractivity contribution in [3.8, 4) is 11.5 Å². The first-order valence-electron chi connectivity index (χ1n) is 9.75. The number of H-pyrrole nitrogens is 1. The summed E-state index contributed by atoms with van der Waals surface area (Å²) in [5.74, 6) is 0.836. The highest BCUT2D eigenvalue weighted by Crippen LogP contribution is 2.33. The first kappa shape index (κ1) is 18.6. The molecule has 5 heteroatoms. The number of benzene rings is 2. The number of rotatable bonds is 4. The number of nitrogens with one attached hydrogen (secondary N) is 2. The molecule has 1 aliphatic rings. The van der Waals surface area contributed by atoms with E-state index in [0.29, 0.717) is 12.3 Å². The molecule has 4 rings (SSSR count). The minimum absolute atomic E-state index is 0.162. The Balaban J connectivity index is 1.62. The summed E-state index contributed by atoms with van der Waals surface area (Å²) in [4.78, 5) is 17.8. The van der Waals surface area contributed by atoms with Crippen LogP contribution in [0.1, 0.15) is 45.7 Å². The number of fused-ring (bicyclic) bond motifs is 2. The van der Waals surface area contributed by atoms with Crippen molar-refractivity contribution in [3.05, 3.63) is 58.3 Å². The average molecular weight is 379 g/mol. The number of carbonyl (C=O) groups excluding carboxylic acids is 1. The highest BCUT2D eigenvalue weighted by Gasteiger charge is 2.31. The van der Waals surface area contributed by atoms with E-state index in [2.05, 4.69) is 31.0 Å². The monoisotopic (exact) mass is 379 g/mol. The molecule has 1 aromatic heterocycles. The third-order valence-corrected chi connectivity index (χ3v) is 6.04. The second kappa shape index (κ2) is 6.99. The van der Waals surface area contributed by atoms with E-state index >= 15 is 0 Å². The summed E-state index contributed by atoms with van der Waals surface area (Å²) in [5, 5.41) is 11.1. The number of ether oxygens (including phenoxy) is 1. The molecular formula is C23H27N2O3+. The fourth-order valence-corrected chi connectivity index (χ4v) is 4.48. The third kappa shape index (κ3) is 3.06. The maximum Gasteiger partial charge on any atom is 0.219 e. The molecule has 0 spiro atoms. The zero-order valence-electron chi connectivity index (χ0n) is 16.8. The number of hydrogen-bond acceptors (Lipinski definition) is 3. The molecule has 0 amide bonds. The molecule has 2 aromatic carbocycles. The number of aromatic hydroxyl groups is 1. The Kier molecular flexibility index (Phi) is 4.63. The van der Waals surface area contributed by atoms with E-state index in [1.54, 1.807) is 13.2 Å². The Morgan fingerprint density at radius 3 is 2.82 bits per heavy atom. The van der Waals surface area contributed by atoms with Gasteiger partial charge in [-0.1, -0.05) is 12.1 Å². The van der Waals surface area contributed by atoms with Crippen LogP contribution in [0.25, 0.3) is 10.9 Å². The fraction of sp³-hybridized carbons (Fsp3) is 0.348. The van der Waals surface area contributed by atoms with Crippen LogP contribution in [0.2, 0.25) is 0 Å². The number of aromatic nitrogens is 1. The Bertz CT molecular complexity index is 1070. The molecule has 0 fully saturated rings. The fourth-order valence-electron chi connectivity index (χ4n) is 4.48. The van der Waals surface area contributed by atoms with Gasteiger partial charge in [0.15, 0.2) is 11.5 Å². The number of aromatic amines is 1. The number of phenolic OH excluding ortho intramolecular Hbond substituents is 1. The van der Waals surface area contributed by atoms with Crippen molar-refractivity contribution < 1.29 is 19.5 Å². The summed E-state index contributed by atoms with van der Waals surface area (Å²) in [6.45, 7) is 7.49. The van der Waals surface area contributed by atoms with Crippen molar-refractivity contribution in [2.24, 2.45) is 0 Å². The van der Waals surface area contributed by atoms with Crippen molar-refractivity contribution >= 4 is 16.7 Å². The van der Waals surface area contributed by atoms with E-state index < -0.39 is 0 Å². The van der Waals surface area contributed by atoms with Gasteiger partial charge in [-0.05, 0) is 50.1 Å². The van der Waals surface area contributed by atoms with Gasteiger partial charge in [-0.15, -0.1) is 0 Å². The van der Waals surface area contributed by atoms with Gasteiger partial charge in [0.05, 0.1) is 19.2 Å². The number of phenols is 1. The molecule has 1 unspecified atom stereocenters. The summed E-state index contributed by atoms with van der Waals surface area (Å²) in [5.41, 5.74) is 6.23. The van der Waals surface area contributed by atoms with Crippen molar-refractivity contribution in [3.63, 3.8) is 0 Å². The van der Waals surface area contributed by atoms with Crippen LogP contribution in [0.4, 0.5) is 0 Å². The van der Waals surface area contributed by atoms with Gasteiger partial charge in [0.25, 0.3) is 0 Å². The molecular weight excluding hydrogens is 352 g/mol. The smallest absolute Gasteiger partial charge is 0.219 e. The van der Waals surface area contributed by atoms with Gasteiger partial charge in [-0.3, -0.25) is 4.79 Å². The molecule has 0 radical (unpaired) electrons. The average Bonchev–Trinajstić information content (AvgIpc) is 2.98. The van der Waals surface area contributed by atoms with E-state index in [0.717, 1.165) is 46.3 Å². The van der Waals surface area contributed by atoms with E-state index in [1.807, 2.05) is 19.1 Å². The van der Waals surface area contributed by atoms with Crippen LogP contribution in [-0.4, -0.2) is 36.1 Å². The Labute approximate surface area is 164 Å². The molecule has 146 valence electrons. The molecule has 0 aliphatic carbocycles. The molecule has 28 heavy (non-hydrogen) atoms. The Morgan fingerprint density at radius 1 is 1.29 bits per heavy atom. The summed E-state index contributed by atoms with van der Waals surface area (Å²) < 4.78 is 5.28. The molecule has 2 atom stereocenters. The van der Waals surface area contributed by atoms with Crippen LogP contribution in [0.5, 0.6) is 11.5 Å². The van der Waals surface area contributed by atoms with Gasteiger partial charge >= 0.3 is 0 Å². The first-order chi connectivity index (χ1) is 13.4. The summed E-state index contributed by atoms with van der Waals surface area (Å²) in [7, 11) is 1.56. The first-order valence-corrected chi connectivity index (χ1v) is 9.75. The topological polar surface area (TPSA) is 66.8 Å². The second-order valence-electron chi connectivity index (χ2n) is 7.88. The van der Waals surface area contributed by atoms with E-state index in [9.17, 15) is 9.90 Å². The van der Waals surface area contributed by atoms with Crippen LogP contribution < -0.4 is 9.64 Å². The SMILES string of the molecule is COc1cc2c(cc1O)CC[NH+](CC(=O)c1c(C)[nH]c3cc(C)ccc13)[C@H]2C. The molecule has 3 N–H and O–H groups in total. The lowest BCUT2D eigenvalue weighted by molar-refractivity contribution is -0.923. The number of quaternary nitrogens is 1. The molecule has 2 heterocycles. The normalized spacial score (nSPS) is 18.9. The van der Waals surface area contributed by atoms with E-state index in [-0.39, 0.29) is 17.6 Å². The molecule has 1 aliphatic heterocycles. The second-order valence-corrected chi connectivity index (χ2v) is 7.88. The summed E-state index contributed by atoms with van der Waals surface area (Å²) in [6, 6.07) is 10.1. The number of Topliss-reactive ketones (excluding diaryl/α,β-unsaturated/α-hetero) is 1. The highest BCUT2D eigenvalue weighted by molar-refractivity contribution is 6.09. The van der Waals surface area contributed by atoms with Crippen molar-refractivity contribution in [1.82, 2.24) is 4.98 Å². The van der Waals surface area contributed by atoms with Gasteiger partial charge in [-0.2, -0.15) is 0 Å². The van der Waals surface area contributed by atoms with E-state index in [4.69, 9.17) is 4.74 Å². The van der Waals surface area contributed by atoms with Crippen LogP contribution in [0.15, 0.2) is 30.3 Å². The molecule has 0 bridgehead atoms. The van der Waals surface area contributed by atoms with Crippen molar-refractivity contribution in [2.75, 3.05) is 20.2 Å². The van der Waals surface area contributed by atoms with Crippen LogP contribution in [0, 0.1) is 13.8 Å². The minimum atomic E-state index is 0.162. The predicted molar refractivity (Wildman–Crippen MR) is 110 cm³/mol. The van der Waals surface area contributed by atoms with Crippen LogP contribution in [-0.2, 0) is 6.42 Å². The lowest BCUT2D eigenvalue weighted by atomic mass is 9.92. The highest BCUT2D eigenvalue weighted by atomic mass is 16.5. The van der Waals surface area contributed by atoms with Crippen molar-refractivity contribution in [2.45, 2.75) is 33.2 Å². The van der Waals surface area contributed by atoms with Gasteiger partial charge in [-0.25, -0.2) is 0 Å².